The van der Waals surface area contributed by atoms with E-state index in [9.17, 15) is 9.59 Å². The van der Waals surface area contributed by atoms with E-state index in [1.165, 1.54) is 11.8 Å². The van der Waals surface area contributed by atoms with E-state index in [2.05, 4.69) is 5.32 Å². The lowest BCUT2D eigenvalue weighted by Crippen LogP contribution is -2.29. The van der Waals surface area contributed by atoms with Gasteiger partial charge in [0.2, 0.25) is 5.91 Å². The van der Waals surface area contributed by atoms with Gasteiger partial charge in [-0.3, -0.25) is 14.5 Å². The molecule has 1 aromatic carbocycles. The second-order valence-electron chi connectivity index (χ2n) is 6.44. The summed E-state index contributed by atoms with van der Waals surface area (Å²) in [6.07, 6.45) is 6.09. The van der Waals surface area contributed by atoms with Crippen LogP contribution in [0, 0.1) is 0 Å². The van der Waals surface area contributed by atoms with E-state index in [4.69, 9.17) is 21.4 Å². The number of benzene rings is 1. The number of furan rings is 1. The van der Waals surface area contributed by atoms with Gasteiger partial charge in [0.15, 0.2) is 0 Å². The number of ether oxygens (including phenoxy) is 1. The van der Waals surface area contributed by atoms with Crippen molar-refractivity contribution < 1.29 is 18.7 Å². The SMILES string of the molecule is COc1ccc(NC(=O)CCCCCN2C(=O)/C(=C/c3ccco3)SC2=S)cc1. The minimum Gasteiger partial charge on any atom is -0.497 e. The number of nitrogens with zero attached hydrogens (tertiary/aromatic N) is 1. The molecule has 1 N–H and O–H groups in total. The molecule has 0 spiro atoms. The van der Waals surface area contributed by atoms with Crippen molar-refractivity contribution in [3.05, 3.63) is 53.3 Å². The molecule has 6 nitrogen and oxygen atoms in total. The number of anilines is 1. The fourth-order valence-corrected chi connectivity index (χ4v) is 4.11. The van der Waals surface area contributed by atoms with Crippen LogP contribution in [-0.2, 0) is 9.59 Å². The van der Waals surface area contributed by atoms with Gasteiger partial charge in [-0.25, -0.2) is 0 Å². The summed E-state index contributed by atoms with van der Waals surface area (Å²) < 4.78 is 10.9. The first kappa shape index (κ1) is 21.1. The normalized spacial score (nSPS) is 15.2. The molecule has 0 saturated carbocycles. The maximum atomic E-state index is 12.5. The molecule has 152 valence electrons. The molecule has 0 atom stereocenters. The van der Waals surface area contributed by atoms with E-state index >= 15 is 0 Å². The second kappa shape index (κ2) is 10.3. The zero-order valence-electron chi connectivity index (χ0n) is 16.1. The standard InChI is InChI=1S/C21H22N2O4S2/c1-26-16-10-8-15(9-11-16)22-19(24)7-3-2-4-12-23-20(25)18(29-21(23)28)14-17-6-5-13-27-17/h5-6,8-11,13-14H,2-4,7,12H2,1H3,(H,22,24)/b18-14-. The first-order valence-corrected chi connectivity index (χ1v) is 10.5. The quantitative estimate of drug-likeness (QED) is 0.354. The van der Waals surface area contributed by atoms with Crippen LogP contribution in [0.25, 0.3) is 6.08 Å². The first-order valence-electron chi connectivity index (χ1n) is 9.29. The lowest BCUT2D eigenvalue weighted by Gasteiger charge is -2.14. The van der Waals surface area contributed by atoms with Crippen LogP contribution in [-0.4, -0.2) is 34.7 Å². The summed E-state index contributed by atoms with van der Waals surface area (Å²) in [5, 5.41) is 2.87. The van der Waals surface area contributed by atoms with Crippen molar-refractivity contribution in [3.63, 3.8) is 0 Å². The number of rotatable bonds is 9. The molecule has 0 bridgehead atoms. The number of hydrogen-bond donors (Lipinski definition) is 1. The Labute approximate surface area is 179 Å². The minimum absolute atomic E-state index is 0.0258. The highest BCUT2D eigenvalue weighted by molar-refractivity contribution is 8.26. The van der Waals surface area contributed by atoms with Gasteiger partial charge in [-0.15, -0.1) is 0 Å². The molecule has 29 heavy (non-hydrogen) atoms. The van der Waals surface area contributed by atoms with E-state index in [-0.39, 0.29) is 11.8 Å². The smallest absolute Gasteiger partial charge is 0.266 e. The third-order valence-electron chi connectivity index (χ3n) is 4.35. The summed E-state index contributed by atoms with van der Waals surface area (Å²) in [5.74, 6) is 1.27. The van der Waals surface area contributed by atoms with E-state index in [0.29, 0.717) is 28.0 Å². The molecule has 8 heteroatoms. The molecule has 0 aliphatic carbocycles. The van der Waals surface area contributed by atoms with Gasteiger partial charge < -0.3 is 14.5 Å². The zero-order chi connectivity index (χ0) is 20.6. The molecule has 3 rings (SSSR count). The third kappa shape index (κ3) is 5.95. The Morgan fingerprint density at radius 1 is 1.24 bits per heavy atom. The summed E-state index contributed by atoms with van der Waals surface area (Å²) >= 11 is 6.61. The van der Waals surface area contributed by atoms with Crippen LogP contribution < -0.4 is 10.1 Å². The van der Waals surface area contributed by atoms with E-state index < -0.39 is 0 Å². The van der Waals surface area contributed by atoms with Crippen LogP contribution in [0.15, 0.2) is 52.0 Å². The highest BCUT2D eigenvalue weighted by Crippen LogP contribution is 2.32. The summed E-state index contributed by atoms with van der Waals surface area (Å²) in [6, 6.07) is 10.8. The molecule has 1 saturated heterocycles. The Bertz CT molecular complexity index is 892. The van der Waals surface area contributed by atoms with Crippen molar-refractivity contribution >= 4 is 51.9 Å². The Morgan fingerprint density at radius 2 is 2.03 bits per heavy atom. The molecule has 2 heterocycles. The van der Waals surface area contributed by atoms with Crippen molar-refractivity contribution in [2.75, 3.05) is 19.0 Å². The number of methoxy groups -OCH3 is 1. The number of nitrogens with one attached hydrogen (secondary N) is 1. The topological polar surface area (TPSA) is 71.8 Å². The monoisotopic (exact) mass is 430 g/mol. The van der Waals surface area contributed by atoms with Crippen molar-refractivity contribution in [3.8, 4) is 5.75 Å². The Balaban J connectivity index is 1.37. The molecule has 2 aromatic rings. The molecule has 1 fully saturated rings. The Hall–Kier alpha value is -2.58. The van der Waals surface area contributed by atoms with Crippen molar-refractivity contribution in [1.82, 2.24) is 4.90 Å². The fraction of sp³-hybridized carbons (Fsp3) is 0.286. The molecular weight excluding hydrogens is 408 g/mol. The highest BCUT2D eigenvalue weighted by atomic mass is 32.2. The van der Waals surface area contributed by atoms with Gasteiger partial charge in [-0.1, -0.05) is 30.4 Å². The van der Waals surface area contributed by atoms with Crippen LogP contribution in [0.1, 0.15) is 31.4 Å². The molecule has 1 aliphatic rings. The van der Waals surface area contributed by atoms with Crippen molar-refractivity contribution in [2.45, 2.75) is 25.7 Å². The second-order valence-corrected chi connectivity index (χ2v) is 8.11. The van der Waals surface area contributed by atoms with Gasteiger partial charge in [-0.2, -0.15) is 0 Å². The van der Waals surface area contributed by atoms with Gasteiger partial charge in [0, 0.05) is 24.7 Å². The van der Waals surface area contributed by atoms with Gasteiger partial charge >= 0.3 is 0 Å². The van der Waals surface area contributed by atoms with Crippen LogP contribution in [0.2, 0.25) is 0 Å². The highest BCUT2D eigenvalue weighted by Gasteiger charge is 2.31. The lowest BCUT2D eigenvalue weighted by atomic mass is 10.1. The molecule has 0 radical (unpaired) electrons. The lowest BCUT2D eigenvalue weighted by molar-refractivity contribution is -0.122. The van der Waals surface area contributed by atoms with E-state index in [1.54, 1.807) is 48.6 Å². The van der Waals surface area contributed by atoms with Crippen LogP contribution in [0.4, 0.5) is 5.69 Å². The maximum absolute atomic E-state index is 12.5. The van der Waals surface area contributed by atoms with Crippen LogP contribution in [0.5, 0.6) is 5.75 Å². The Kier molecular flexibility index (Phi) is 7.48. The average molecular weight is 431 g/mol. The van der Waals surface area contributed by atoms with Gasteiger partial charge in [0.25, 0.3) is 5.91 Å². The predicted octanol–water partition coefficient (Wildman–Crippen LogP) is 4.69. The van der Waals surface area contributed by atoms with Crippen LogP contribution >= 0.6 is 24.0 Å². The summed E-state index contributed by atoms with van der Waals surface area (Å²) in [4.78, 5) is 26.7. The number of amides is 2. The number of unbranched alkanes of at least 4 members (excludes halogenated alkanes) is 2. The molecule has 1 aliphatic heterocycles. The number of thioether (sulfide) groups is 1. The zero-order valence-corrected chi connectivity index (χ0v) is 17.7. The van der Waals surface area contributed by atoms with Gasteiger partial charge in [-0.05, 0) is 49.2 Å². The number of carbonyl (C=O) groups excluding carboxylic acids is 2. The fourth-order valence-electron chi connectivity index (χ4n) is 2.83. The molecule has 2 amide bonds. The maximum Gasteiger partial charge on any atom is 0.266 e. The van der Waals surface area contributed by atoms with Gasteiger partial charge in [0.1, 0.15) is 15.8 Å². The number of carbonyl (C=O) groups is 2. The largest absolute Gasteiger partial charge is 0.497 e. The number of thiocarbonyl (C=S) groups is 1. The van der Waals surface area contributed by atoms with Crippen molar-refractivity contribution in [2.24, 2.45) is 0 Å². The summed E-state index contributed by atoms with van der Waals surface area (Å²) in [6.45, 7) is 0.556. The van der Waals surface area contributed by atoms with Crippen molar-refractivity contribution in [1.29, 1.82) is 0 Å². The van der Waals surface area contributed by atoms with E-state index in [0.717, 1.165) is 30.7 Å². The van der Waals surface area contributed by atoms with E-state index in [1.807, 2.05) is 12.1 Å². The van der Waals surface area contributed by atoms with Crippen LogP contribution in [0.3, 0.4) is 0 Å². The first-order chi connectivity index (χ1) is 14.1. The average Bonchev–Trinajstić information content (AvgIpc) is 3.32. The molecular formula is C21H22N2O4S2. The summed E-state index contributed by atoms with van der Waals surface area (Å²) in [5.41, 5.74) is 0.747. The molecule has 0 unspecified atom stereocenters. The summed E-state index contributed by atoms with van der Waals surface area (Å²) in [7, 11) is 1.60. The predicted molar refractivity (Wildman–Crippen MR) is 119 cm³/mol. The third-order valence-corrected chi connectivity index (χ3v) is 5.73. The Morgan fingerprint density at radius 3 is 2.72 bits per heavy atom. The van der Waals surface area contributed by atoms with Gasteiger partial charge in [0.05, 0.1) is 18.3 Å². The number of hydrogen-bond acceptors (Lipinski definition) is 6. The molecule has 1 aromatic heterocycles. The minimum atomic E-state index is -0.0892.